The third-order valence-electron chi connectivity index (χ3n) is 3.19. The van der Waals surface area contributed by atoms with Gasteiger partial charge in [-0.25, -0.2) is 4.39 Å². The van der Waals surface area contributed by atoms with E-state index in [4.69, 9.17) is 16.3 Å². The van der Waals surface area contributed by atoms with E-state index < -0.39 is 0 Å². The molecule has 1 heterocycles. The minimum atomic E-state index is -0.316. The van der Waals surface area contributed by atoms with Crippen LogP contribution in [-0.4, -0.2) is 6.61 Å². The Hall–Kier alpha value is -1.74. The van der Waals surface area contributed by atoms with Gasteiger partial charge in [-0.2, -0.15) is 0 Å². The molecule has 98 valence electrons. The number of nitrogens with one attached hydrogen (secondary N) is 1. The minimum Gasteiger partial charge on any atom is -0.493 e. The van der Waals surface area contributed by atoms with E-state index in [1.807, 2.05) is 12.1 Å². The summed E-state index contributed by atoms with van der Waals surface area (Å²) in [6, 6.07) is 10.5. The average molecular weight is 278 g/mol. The first-order valence-electron chi connectivity index (χ1n) is 6.16. The highest BCUT2D eigenvalue weighted by Crippen LogP contribution is 2.28. The van der Waals surface area contributed by atoms with Crippen LogP contribution in [0.1, 0.15) is 11.1 Å². The van der Waals surface area contributed by atoms with Crippen molar-refractivity contribution >= 4 is 17.3 Å². The molecule has 0 spiro atoms. The molecule has 4 heteroatoms. The summed E-state index contributed by atoms with van der Waals surface area (Å²) < 4.78 is 18.4. The van der Waals surface area contributed by atoms with Gasteiger partial charge >= 0.3 is 0 Å². The van der Waals surface area contributed by atoms with Crippen LogP contribution in [0.5, 0.6) is 5.75 Å². The molecule has 0 saturated heterocycles. The number of anilines is 1. The maximum absolute atomic E-state index is 12.9. The van der Waals surface area contributed by atoms with Crippen molar-refractivity contribution in [3.63, 3.8) is 0 Å². The number of ether oxygens (including phenoxy) is 1. The van der Waals surface area contributed by atoms with Crippen LogP contribution in [0.4, 0.5) is 10.1 Å². The summed E-state index contributed by atoms with van der Waals surface area (Å²) in [7, 11) is 0. The van der Waals surface area contributed by atoms with Gasteiger partial charge in [0, 0.05) is 23.7 Å². The second-order valence-electron chi connectivity index (χ2n) is 4.51. The quantitative estimate of drug-likeness (QED) is 0.915. The third kappa shape index (κ3) is 2.66. The van der Waals surface area contributed by atoms with E-state index in [1.165, 1.54) is 17.7 Å². The average Bonchev–Trinajstić information content (AvgIpc) is 2.85. The lowest BCUT2D eigenvalue weighted by atomic mass is 10.1. The summed E-state index contributed by atoms with van der Waals surface area (Å²) in [6.07, 6.45) is 0.947. The molecule has 2 aromatic carbocycles. The Morgan fingerprint density at radius 2 is 2.11 bits per heavy atom. The Morgan fingerprint density at radius 1 is 1.21 bits per heavy atom. The fourth-order valence-corrected chi connectivity index (χ4v) is 2.39. The van der Waals surface area contributed by atoms with Crippen molar-refractivity contribution in [3.8, 4) is 5.75 Å². The molecule has 1 N–H and O–H groups in total. The molecule has 1 aliphatic heterocycles. The molecule has 3 rings (SSSR count). The van der Waals surface area contributed by atoms with E-state index >= 15 is 0 Å². The lowest BCUT2D eigenvalue weighted by Gasteiger charge is -2.09. The summed E-state index contributed by atoms with van der Waals surface area (Å²) in [4.78, 5) is 0. The smallest absolute Gasteiger partial charge is 0.124 e. The van der Waals surface area contributed by atoms with Gasteiger partial charge in [-0.15, -0.1) is 0 Å². The van der Waals surface area contributed by atoms with Crippen molar-refractivity contribution in [2.75, 3.05) is 11.9 Å². The van der Waals surface area contributed by atoms with Gasteiger partial charge in [-0.05, 0) is 41.5 Å². The van der Waals surface area contributed by atoms with Crippen LogP contribution >= 0.6 is 11.6 Å². The predicted molar refractivity (Wildman–Crippen MR) is 74.4 cm³/mol. The fourth-order valence-electron chi connectivity index (χ4n) is 2.16. The van der Waals surface area contributed by atoms with Crippen molar-refractivity contribution in [2.24, 2.45) is 0 Å². The summed E-state index contributed by atoms with van der Waals surface area (Å²) >= 11 is 5.99. The zero-order chi connectivity index (χ0) is 13.2. The van der Waals surface area contributed by atoms with Gasteiger partial charge in [0.15, 0.2) is 0 Å². The molecule has 0 aliphatic carbocycles. The molecule has 0 bridgehead atoms. The Morgan fingerprint density at radius 3 is 2.95 bits per heavy atom. The number of fused-ring (bicyclic) bond motifs is 1. The van der Waals surface area contributed by atoms with Crippen LogP contribution in [0.3, 0.4) is 0 Å². The van der Waals surface area contributed by atoms with Gasteiger partial charge in [0.25, 0.3) is 0 Å². The van der Waals surface area contributed by atoms with E-state index in [2.05, 4.69) is 11.4 Å². The molecular formula is C15H13ClFNO. The molecule has 0 atom stereocenters. The molecule has 2 aromatic rings. The Labute approximate surface area is 116 Å². The normalized spacial score (nSPS) is 12.9. The Balaban J connectivity index is 1.72. The number of benzene rings is 2. The maximum Gasteiger partial charge on any atom is 0.124 e. The monoisotopic (exact) mass is 277 g/mol. The number of rotatable bonds is 3. The van der Waals surface area contributed by atoms with E-state index in [0.717, 1.165) is 30.0 Å². The molecule has 0 saturated carbocycles. The first-order valence-corrected chi connectivity index (χ1v) is 6.54. The van der Waals surface area contributed by atoms with Gasteiger partial charge in [-0.1, -0.05) is 17.7 Å². The third-order valence-corrected chi connectivity index (χ3v) is 3.54. The zero-order valence-corrected chi connectivity index (χ0v) is 11.0. The zero-order valence-electron chi connectivity index (χ0n) is 10.2. The van der Waals surface area contributed by atoms with E-state index in [0.29, 0.717) is 11.6 Å². The van der Waals surface area contributed by atoms with Crippen LogP contribution in [0, 0.1) is 5.82 Å². The van der Waals surface area contributed by atoms with Gasteiger partial charge in [0.2, 0.25) is 0 Å². The molecule has 0 radical (unpaired) electrons. The van der Waals surface area contributed by atoms with Gasteiger partial charge in [-0.3, -0.25) is 0 Å². The van der Waals surface area contributed by atoms with Crippen LogP contribution in [0.15, 0.2) is 36.4 Å². The van der Waals surface area contributed by atoms with Crippen LogP contribution in [0.2, 0.25) is 5.02 Å². The van der Waals surface area contributed by atoms with E-state index in [9.17, 15) is 4.39 Å². The SMILES string of the molecule is Fc1ccc(CNc2ccc3c(c2)CCO3)c(Cl)c1. The summed E-state index contributed by atoms with van der Waals surface area (Å²) in [5.74, 6) is 0.647. The number of halogens is 2. The maximum atomic E-state index is 12.9. The van der Waals surface area contributed by atoms with Crippen molar-refractivity contribution in [2.45, 2.75) is 13.0 Å². The topological polar surface area (TPSA) is 21.3 Å². The van der Waals surface area contributed by atoms with Crippen molar-refractivity contribution in [3.05, 3.63) is 58.4 Å². The molecule has 0 unspecified atom stereocenters. The number of hydrogen-bond acceptors (Lipinski definition) is 2. The Bertz CT molecular complexity index is 615. The lowest BCUT2D eigenvalue weighted by molar-refractivity contribution is 0.357. The largest absolute Gasteiger partial charge is 0.493 e. The minimum absolute atomic E-state index is 0.316. The predicted octanol–water partition coefficient (Wildman–Crippen LogP) is 4.03. The van der Waals surface area contributed by atoms with Crippen LogP contribution in [0.25, 0.3) is 0 Å². The van der Waals surface area contributed by atoms with Gasteiger partial charge < -0.3 is 10.1 Å². The van der Waals surface area contributed by atoms with Crippen molar-refractivity contribution in [1.82, 2.24) is 0 Å². The molecule has 0 amide bonds. The first kappa shape index (κ1) is 12.3. The highest BCUT2D eigenvalue weighted by Gasteiger charge is 2.11. The second-order valence-corrected chi connectivity index (χ2v) is 4.92. The van der Waals surface area contributed by atoms with Gasteiger partial charge in [0.1, 0.15) is 11.6 Å². The molecule has 2 nitrogen and oxygen atoms in total. The fraction of sp³-hybridized carbons (Fsp3) is 0.200. The van der Waals surface area contributed by atoms with E-state index in [-0.39, 0.29) is 5.82 Å². The molecule has 0 aromatic heterocycles. The standard InChI is InChI=1S/C15H13ClFNO/c16-14-8-12(17)2-1-11(14)9-18-13-3-4-15-10(7-13)5-6-19-15/h1-4,7-8,18H,5-6,9H2. The first-order chi connectivity index (χ1) is 9.22. The molecule has 1 aliphatic rings. The second kappa shape index (κ2) is 5.10. The van der Waals surface area contributed by atoms with Crippen molar-refractivity contribution in [1.29, 1.82) is 0 Å². The van der Waals surface area contributed by atoms with Crippen LogP contribution < -0.4 is 10.1 Å². The van der Waals surface area contributed by atoms with Gasteiger partial charge in [0.05, 0.1) is 6.61 Å². The van der Waals surface area contributed by atoms with E-state index in [1.54, 1.807) is 6.07 Å². The van der Waals surface area contributed by atoms with Crippen LogP contribution in [-0.2, 0) is 13.0 Å². The highest BCUT2D eigenvalue weighted by atomic mass is 35.5. The summed E-state index contributed by atoms with van der Waals surface area (Å²) in [6.45, 7) is 1.32. The number of hydrogen-bond donors (Lipinski definition) is 1. The summed E-state index contributed by atoms with van der Waals surface area (Å²) in [5, 5.41) is 3.73. The molecule has 0 fully saturated rings. The highest BCUT2D eigenvalue weighted by molar-refractivity contribution is 6.31. The molecule has 19 heavy (non-hydrogen) atoms. The molecular weight excluding hydrogens is 265 g/mol. The lowest BCUT2D eigenvalue weighted by Crippen LogP contribution is -2.00. The van der Waals surface area contributed by atoms with Crippen molar-refractivity contribution < 1.29 is 9.13 Å². The summed E-state index contributed by atoms with van der Waals surface area (Å²) in [5.41, 5.74) is 3.11. The Kier molecular flexibility index (Phi) is 3.30.